The van der Waals surface area contributed by atoms with Crippen LogP contribution < -0.4 is 20.5 Å². The van der Waals surface area contributed by atoms with Crippen LogP contribution in [0.2, 0.25) is 0 Å². The van der Waals surface area contributed by atoms with Gasteiger partial charge in [-0.15, -0.1) is 5.10 Å². The third-order valence-electron chi connectivity index (χ3n) is 3.53. The summed E-state index contributed by atoms with van der Waals surface area (Å²) in [6, 6.07) is 5.67. The number of benzene rings is 1. The first kappa shape index (κ1) is 14.2. The number of hydrogen-bond donors (Lipinski definition) is 3. The number of aromatic amines is 1. The molecule has 0 aliphatic carbocycles. The number of nitrogens with one attached hydrogen (secondary N) is 2. The predicted molar refractivity (Wildman–Crippen MR) is 78.3 cm³/mol. The second kappa shape index (κ2) is 5.92. The first-order chi connectivity index (χ1) is 10.7. The maximum atomic E-state index is 12.2. The average Bonchev–Trinajstić information content (AvgIpc) is 2.97. The molecule has 2 heterocycles. The number of aromatic nitrogens is 3. The summed E-state index contributed by atoms with van der Waals surface area (Å²) in [7, 11) is 1.60. The van der Waals surface area contributed by atoms with E-state index >= 15 is 0 Å². The molecule has 1 aromatic carbocycles. The minimum atomic E-state index is -0.250. The second-order valence-corrected chi connectivity index (χ2v) is 5.02. The van der Waals surface area contributed by atoms with Crippen molar-refractivity contribution in [2.45, 2.75) is 13.0 Å². The van der Waals surface area contributed by atoms with Gasteiger partial charge in [0.2, 0.25) is 11.9 Å². The standard InChI is InChI=1S/C14H17N5O3/c1-21-10-4-2-3-8-5-9(7-22-12(8)10)13(20)16-6-11-17-14(15)19-18-11/h2-4,9H,5-7H2,1H3,(H,16,20)(H3,15,17,18,19)/t9-/m1/s1. The maximum absolute atomic E-state index is 12.2. The van der Waals surface area contributed by atoms with E-state index in [9.17, 15) is 4.79 Å². The van der Waals surface area contributed by atoms with Crippen LogP contribution in [0.4, 0.5) is 5.95 Å². The SMILES string of the molecule is COc1cccc2c1OC[C@H](C(=O)NCc1nc(N)n[nH]1)C2. The van der Waals surface area contributed by atoms with Gasteiger partial charge < -0.3 is 20.5 Å². The molecule has 0 saturated carbocycles. The van der Waals surface area contributed by atoms with Gasteiger partial charge >= 0.3 is 0 Å². The third-order valence-corrected chi connectivity index (χ3v) is 3.53. The molecule has 1 aliphatic heterocycles. The fourth-order valence-corrected chi connectivity index (χ4v) is 2.43. The average molecular weight is 303 g/mol. The Labute approximate surface area is 127 Å². The number of rotatable bonds is 4. The van der Waals surface area contributed by atoms with E-state index in [1.165, 1.54) is 0 Å². The number of methoxy groups -OCH3 is 1. The number of carbonyl (C=O) groups excluding carboxylic acids is 1. The van der Waals surface area contributed by atoms with Crippen LogP contribution in [-0.4, -0.2) is 34.8 Å². The van der Waals surface area contributed by atoms with Gasteiger partial charge in [0.15, 0.2) is 11.5 Å². The van der Waals surface area contributed by atoms with Crippen LogP contribution in [-0.2, 0) is 17.8 Å². The molecule has 3 rings (SSSR count). The molecule has 2 aromatic rings. The lowest BCUT2D eigenvalue weighted by atomic mass is 9.95. The number of nitrogens with zero attached hydrogens (tertiary/aromatic N) is 2. The molecule has 0 spiro atoms. The molecule has 8 nitrogen and oxygen atoms in total. The molecule has 0 saturated heterocycles. The van der Waals surface area contributed by atoms with Crippen molar-refractivity contribution in [3.63, 3.8) is 0 Å². The molecule has 22 heavy (non-hydrogen) atoms. The van der Waals surface area contributed by atoms with E-state index in [1.807, 2.05) is 18.2 Å². The molecule has 1 atom stereocenters. The van der Waals surface area contributed by atoms with Gasteiger partial charge in [0.1, 0.15) is 12.4 Å². The quantitative estimate of drug-likeness (QED) is 0.746. The monoisotopic (exact) mass is 303 g/mol. The van der Waals surface area contributed by atoms with Crippen LogP contribution in [0.5, 0.6) is 11.5 Å². The molecule has 4 N–H and O–H groups in total. The molecule has 0 bridgehead atoms. The van der Waals surface area contributed by atoms with E-state index in [0.29, 0.717) is 24.6 Å². The first-order valence-electron chi connectivity index (χ1n) is 6.90. The number of nitrogens with two attached hydrogens (primary N) is 1. The number of anilines is 1. The summed E-state index contributed by atoms with van der Waals surface area (Å²) in [6.45, 7) is 0.572. The molecule has 1 amide bonds. The molecule has 8 heteroatoms. The van der Waals surface area contributed by atoms with Crippen LogP contribution in [0.1, 0.15) is 11.4 Å². The first-order valence-corrected chi connectivity index (χ1v) is 6.90. The molecular weight excluding hydrogens is 286 g/mol. The second-order valence-electron chi connectivity index (χ2n) is 5.02. The smallest absolute Gasteiger partial charge is 0.239 e. The highest BCUT2D eigenvalue weighted by atomic mass is 16.5. The van der Waals surface area contributed by atoms with Gasteiger partial charge in [-0.3, -0.25) is 9.89 Å². The van der Waals surface area contributed by atoms with E-state index in [-0.39, 0.29) is 24.3 Å². The normalized spacial score (nSPS) is 16.5. The number of para-hydroxylation sites is 1. The number of ether oxygens (including phenoxy) is 2. The van der Waals surface area contributed by atoms with Crippen LogP contribution >= 0.6 is 0 Å². The lowest BCUT2D eigenvalue weighted by molar-refractivity contribution is -0.126. The van der Waals surface area contributed by atoms with Crippen molar-refractivity contribution in [3.8, 4) is 11.5 Å². The Morgan fingerprint density at radius 2 is 2.45 bits per heavy atom. The zero-order valence-electron chi connectivity index (χ0n) is 12.1. The van der Waals surface area contributed by atoms with Crippen molar-refractivity contribution in [3.05, 3.63) is 29.6 Å². The van der Waals surface area contributed by atoms with Crippen molar-refractivity contribution < 1.29 is 14.3 Å². The fraction of sp³-hybridized carbons (Fsp3) is 0.357. The summed E-state index contributed by atoms with van der Waals surface area (Å²) in [5, 5.41) is 9.16. The molecule has 0 radical (unpaired) electrons. The molecule has 1 aromatic heterocycles. The number of H-pyrrole nitrogens is 1. The minimum absolute atomic E-state index is 0.0940. The Balaban J connectivity index is 1.63. The highest BCUT2D eigenvalue weighted by Gasteiger charge is 2.27. The van der Waals surface area contributed by atoms with E-state index in [1.54, 1.807) is 7.11 Å². The lowest BCUT2D eigenvalue weighted by Crippen LogP contribution is -2.37. The van der Waals surface area contributed by atoms with E-state index < -0.39 is 0 Å². The Kier molecular flexibility index (Phi) is 3.82. The van der Waals surface area contributed by atoms with Gasteiger partial charge in [-0.05, 0) is 18.1 Å². The molecule has 0 unspecified atom stereocenters. The van der Waals surface area contributed by atoms with Crippen LogP contribution in [0, 0.1) is 5.92 Å². The number of hydrogen-bond acceptors (Lipinski definition) is 6. The summed E-state index contributed by atoms with van der Waals surface area (Å²) in [4.78, 5) is 16.2. The summed E-state index contributed by atoms with van der Waals surface area (Å²) in [6.07, 6.45) is 0.608. The van der Waals surface area contributed by atoms with Crippen molar-refractivity contribution >= 4 is 11.9 Å². The largest absolute Gasteiger partial charge is 0.493 e. The maximum Gasteiger partial charge on any atom is 0.239 e. The van der Waals surface area contributed by atoms with Gasteiger partial charge in [-0.1, -0.05) is 12.1 Å². The van der Waals surface area contributed by atoms with Gasteiger partial charge in [0.25, 0.3) is 0 Å². The van der Waals surface area contributed by atoms with Crippen molar-refractivity contribution in [1.29, 1.82) is 0 Å². The van der Waals surface area contributed by atoms with Gasteiger partial charge in [-0.25, -0.2) is 0 Å². The Hall–Kier alpha value is -2.77. The Morgan fingerprint density at radius 3 is 3.18 bits per heavy atom. The van der Waals surface area contributed by atoms with E-state index in [2.05, 4.69) is 20.5 Å². The summed E-state index contributed by atoms with van der Waals surface area (Å²) in [5.74, 6) is 1.74. The molecule has 116 valence electrons. The summed E-state index contributed by atoms with van der Waals surface area (Å²) in [5.41, 5.74) is 6.38. The van der Waals surface area contributed by atoms with E-state index in [4.69, 9.17) is 15.2 Å². The molecule has 0 fully saturated rings. The van der Waals surface area contributed by atoms with Crippen molar-refractivity contribution in [2.75, 3.05) is 19.5 Å². The molecule has 1 aliphatic rings. The zero-order chi connectivity index (χ0) is 15.5. The molecular formula is C14H17N5O3. The topological polar surface area (TPSA) is 115 Å². The van der Waals surface area contributed by atoms with Crippen LogP contribution in [0.3, 0.4) is 0 Å². The van der Waals surface area contributed by atoms with Gasteiger partial charge in [0.05, 0.1) is 19.6 Å². The fourth-order valence-electron chi connectivity index (χ4n) is 2.43. The summed E-state index contributed by atoms with van der Waals surface area (Å²) < 4.78 is 11.0. The predicted octanol–water partition coefficient (Wildman–Crippen LogP) is 0.263. The third kappa shape index (κ3) is 2.80. The van der Waals surface area contributed by atoms with E-state index in [0.717, 1.165) is 11.3 Å². The summed E-state index contributed by atoms with van der Waals surface area (Å²) >= 11 is 0. The Bertz CT molecular complexity index is 685. The number of nitrogen functional groups attached to an aromatic ring is 1. The Morgan fingerprint density at radius 1 is 1.59 bits per heavy atom. The van der Waals surface area contributed by atoms with Crippen LogP contribution in [0.25, 0.3) is 0 Å². The van der Waals surface area contributed by atoms with Crippen molar-refractivity contribution in [2.24, 2.45) is 5.92 Å². The van der Waals surface area contributed by atoms with Crippen molar-refractivity contribution in [1.82, 2.24) is 20.5 Å². The zero-order valence-corrected chi connectivity index (χ0v) is 12.1. The van der Waals surface area contributed by atoms with Crippen LogP contribution in [0.15, 0.2) is 18.2 Å². The highest BCUT2D eigenvalue weighted by molar-refractivity contribution is 5.79. The van der Waals surface area contributed by atoms with Gasteiger partial charge in [-0.2, -0.15) is 4.98 Å². The number of fused-ring (bicyclic) bond motifs is 1. The number of carbonyl (C=O) groups is 1. The lowest BCUT2D eigenvalue weighted by Gasteiger charge is -2.25. The number of amides is 1. The minimum Gasteiger partial charge on any atom is -0.493 e. The highest BCUT2D eigenvalue weighted by Crippen LogP contribution is 2.35. The van der Waals surface area contributed by atoms with Gasteiger partial charge in [0, 0.05) is 0 Å².